The number of nitriles is 1. The average molecular weight is 395 g/mol. The molecule has 2 amide bonds. The summed E-state index contributed by atoms with van der Waals surface area (Å²) in [5.74, 6) is 0.114. The largest absolute Gasteiger partial charge is 0.334 e. The minimum Gasteiger partial charge on any atom is -0.291 e. The van der Waals surface area contributed by atoms with E-state index in [0.29, 0.717) is 6.54 Å². The van der Waals surface area contributed by atoms with E-state index in [9.17, 15) is 18.5 Å². The number of nitrogens with one attached hydrogen (secondary N) is 2. The van der Waals surface area contributed by atoms with Crippen LogP contribution < -0.4 is 10.0 Å². The van der Waals surface area contributed by atoms with Crippen molar-refractivity contribution >= 4 is 21.9 Å². The lowest BCUT2D eigenvalue weighted by molar-refractivity contribution is 0.256. The van der Waals surface area contributed by atoms with Gasteiger partial charge in [0.2, 0.25) is 0 Å². The first-order valence-corrected chi connectivity index (χ1v) is 9.77. The van der Waals surface area contributed by atoms with Crippen LogP contribution in [0.3, 0.4) is 0 Å². The Hall–Kier alpha value is -3.64. The summed E-state index contributed by atoms with van der Waals surface area (Å²) in [4.78, 5) is 12.3. The molecule has 0 aliphatic carbocycles. The highest BCUT2D eigenvalue weighted by atomic mass is 32.2. The van der Waals surface area contributed by atoms with Crippen molar-refractivity contribution < 1.29 is 13.2 Å². The summed E-state index contributed by atoms with van der Waals surface area (Å²) in [7, 11) is -4.05. The number of sulfonamides is 1. The van der Waals surface area contributed by atoms with Gasteiger partial charge in [-0.1, -0.05) is 48.0 Å². The van der Waals surface area contributed by atoms with Gasteiger partial charge in [-0.3, -0.25) is 5.32 Å². The third-order valence-corrected chi connectivity index (χ3v) is 5.27. The average Bonchev–Trinajstić information content (AvgIpc) is 3.03. The molecule has 0 saturated carbocycles. The topological polar surface area (TPSA) is 117 Å². The highest BCUT2D eigenvalue weighted by molar-refractivity contribution is 7.90. The number of nitrogens with zero attached hydrogens (tertiary/aromatic N) is 3. The molecule has 0 spiro atoms. The fourth-order valence-electron chi connectivity index (χ4n) is 2.51. The van der Waals surface area contributed by atoms with Crippen molar-refractivity contribution in [3.63, 3.8) is 0 Å². The Kier molecular flexibility index (Phi) is 5.42. The van der Waals surface area contributed by atoms with Crippen LogP contribution in [0.4, 0.5) is 10.6 Å². The van der Waals surface area contributed by atoms with Gasteiger partial charge >= 0.3 is 6.03 Å². The van der Waals surface area contributed by atoms with E-state index in [1.54, 1.807) is 12.1 Å². The first-order valence-electron chi connectivity index (χ1n) is 8.29. The second-order valence-electron chi connectivity index (χ2n) is 6.03. The zero-order chi connectivity index (χ0) is 20.1. The molecule has 9 heteroatoms. The fourth-order valence-corrected chi connectivity index (χ4v) is 3.41. The molecule has 142 valence electrons. The normalized spacial score (nSPS) is 10.9. The molecule has 1 aromatic heterocycles. The molecule has 0 fully saturated rings. The predicted molar refractivity (Wildman–Crippen MR) is 103 cm³/mol. The van der Waals surface area contributed by atoms with Gasteiger partial charge in [0.05, 0.1) is 17.6 Å². The number of amides is 2. The van der Waals surface area contributed by atoms with Crippen molar-refractivity contribution in [3.8, 4) is 6.07 Å². The summed E-state index contributed by atoms with van der Waals surface area (Å²) in [6.45, 7) is 2.14. The zero-order valence-corrected chi connectivity index (χ0v) is 15.8. The molecule has 0 unspecified atom stereocenters. The molecule has 0 bridgehead atoms. The Balaban J connectivity index is 1.79. The Morgan fingerprint density at radius 1 is 1.14 bits per heavy atom. The third-order valence-electron chi connectivity index (χ3n) is 3.93. The number of aryl methyl sites for hydroxylation is 1. The molecule has 1 heterocycles. The van der Waals surface area contributed by atoms with E-state index in [1.807, 2.05) is 48.0 Å². The molecule has 8 nitrogen and oxygen atoms in total. The minimum absolute atomic E-state index is 0.0356. The second-order valence-corrected chi connectivity index (χ2v) is 7.72. The molecule has 0 aliphatic rings. The van der Waals surface area contributed by atoms with Gasteiger partial charge in [0, 0.05) is 0 Å². The van der Waals surface area contributed by atoms with Crippen LogP contribution >= 0.6 is 0 Å². The number of carbonyl (C=O) groups excluding carboxylic acids is 1. The quantitative estimate of drug-likeness (QED) is 0.689. The van der Waals surface area contributed by atoms with Crippen LogP contribution in [0.2, 0.25) is 0 Å². The van der Waals surface area contributed by atoms with Crippen molar-refractivity contribution in [2.45, 2.75) is 18.4 Å². The van der Waals surface area contributed by atoms with Gasteiger partial charge in [-0.25, -0.2) is 22.6 Å². The molecule has 28 heavy (non-hydrogen) atoms. The number of urea groups is 1. The van der Waals surface area contributed by atoms with Gasteiger partial charge in [-0.15, -0.1) is 0 Å². The van der Waals surface area contributed by atoms with Crippen LogP contribution in [-0.2, 0) is 16.6 Å². The number of hydrogen-bond acceptors (Lipinski definition) is 5. The highest BCUT2D eigenvalue weighted by Gasteiger charge is 2.20. The number of carbonyl (C=O) groups is 1. The summed E-state index contributed by atoms with van der Waals surface area (Å²) in [6, 6.07) is 16.4. The number of rotatable bonds is 5. The van der Waals surface area contributed by atoms with Crippen LogP contribution in [0.5, 0.6) is 0 Å². The summed E-state index contributed by atoms with van der Waals surface area (Å²) in [5.41, 5.74) is 1.93. The van der Waals surface area contributed by atoms with Crippen LogP contribution in [0.25, 0.3) is 0 Å². The van der Waals surface area contributed by atoms with Crippen molar-refractivity contribution in [1.29, 1.82) is 5.26 Å². The van der Waals surface area contributed by atoms with Crippen molar-refractivity contribution in [2.75, 3.05) is 5.32 Å². The van der Waals surface area contributed by atoms with E-state index < -0.39 is 16.1 Å². The number of anilines is 1. The van der Waals surface area contributed by atoms with E-state index in [1.165, 1.54) is 23.0 Å². The maximum absolute atomic E-state index is 12.4. The first kappa shape index (κ1) is 19.1. The molecule has 2 aromatic carbocycles. The lowest BCUT2D eigenvalue weighted by Crippen LogP contribution is -2.35. The Morgan fingerprint density at radius 2 is 1.82 bits per heavy atom. The van der Waals surface area contributed by atoms with Crippen LogP contribution in [0.1, 0.15) is 16.7 Å². The number of aromatic nitrogens is 2. The zero-order valence-electron chi connectivity index (χ0n) is 15.0. The van der Waals surface area contributed by atoms with E-state index in [0.717, 1.165) is 11.1 Å². The predicted octanol–water partition coefficient (Wildman–Crippen LogP) is 2.62. The molecule has 3 aromatic rings. The van der Waals surface area contributed by atoms with Crippen molar-refractivity contribution in [2.24, 2.45) is 0 Å². The molecule has 2 N–H and O–H groups in total. The van der Waals surface area contributed by atoms with Crippen LogP contribution in [0, 0.1) is 18.3 Å². The first-order chi connectivity index (χ1) is 13.4. The summed E-state index contributed by atoms with van der Waals surface area (Å²) >= 11 is 0. The maximum Gasteiger partial charge on any atom is 0.334 e. The lowest BCUT2D eigenvalue weighted by atomic mass is 10.2. The van der Waals surface area contributed by atoms with Gasteiger partial charge in [0.25, 0.3) is 10.0 Å². The van der Waals surface area contributed by atoms with Gasteiger partial charge in [0.15, 0.2) is 5.82 Å². The van der Waals surface area contributed by atoms with Crippen LogP contribution in [-0.4, -0.2) is 24.2 Å². The molecule has 3 rings (SSSR count). The number of hydrogen-bond donors (Lipinski definition) is 2. The molecule has 0 saturated heterocycles. The molecule has 0 atom stereocenters. The molecule has 0 radical (unpaired) electrons. The third kappa shape index (κ3) is 4.36. The Bertz CT molecular complexity index is 1130. The fraction of sp³-hybridized carbons (Fsp3) is 0.105. The van der Waals surface area contributed by atoms with Gasteiger partial charge in [-0.2, -0.15) is 10.4 Å². The lowest BCUT2D eigenvalue weighted by Gasteiger charge is -2.11. The van der Waals surface area contributed by atoms with Crippen molar-refractivity contribution in [3.05, 3.63) is 77.5 Å². The molecule has 0 aliphatic heterocycles. The van der Waals surface area contributed by atoms with Crippen molar-refractivity contribution in [1.82, 2.24) is 14.5 Å². The van der Waals surface area contributed by atoms with E-state index in [-0.39, 0.29) is 16.3 Å². The van der Waals surface area contributed by atoms with E-state index >= 15 is 0 Å². The summed E-state index contributed by atoms with van der Waals surface area (Å²) in [6.07, 6.45) is 1.31. The van der Waals surface area contributed by atoms with Crippen LogP contribution in [0.15, 0.2) is 65.7 Å². The standard InChI is InChI=1S/C19H17N5O3S/c1-14-7-9-17(10-8-14)28(26,27)23-19(25)22-18-16(11-20)12-21-24(18)13-15-5-3-2-4-6-15/h2-10,12H,13H2,1H3,(H2,22,23,25). The number of benzene rings is 2. The van der Waals surface area contributed by atoms with E-state index in [2.05, 4.69) is 10.4 Å². The molecular formula is C19H17N5O3S. The summed E-state index contributed by atoms with van der Waals surface area (Å²) < 4.78 is 28.1. The van der Waals surface area contributed by atoms with Gasteiger partial charge in [0.1, 0.15) is 11.6 Å². The van der Waals surface area contributed by atoms with Gasteiger partial charge in [-0.05, 0) is 24.6 Å². The Morgan fingerprint density at radius 3 is 2.46 bits per heavy atom. The second kappa shape index (κ2) is 7.94. The molecular weight excluding hydrogens is 378 g/mol. The van der Waals surface area contributed by atoms with Gasteiger partial charge < -0.3 is 0 Å². The Labute approximate surface area is 162 Å². The summed E-state index contributed by atoms with van der Waals surface area (Å²) in [5, 5.41) is 15.8. The monoisotopic (exact) mass is 395 g/mol. The highest BCUT2D eigenvalue weighted by Crippen LogP contribution is 2.17. The maximum atomic E-state index is 12.4. The minimum atomic E-state index is -4.05. The van der Waals surface area contributed by atoms with E-state index in [4.69, 9.17) is 0 Å². The smallest absolute Gasteiger partial charge is 0.291 e. The SMILES string of the molecule is Cc1ccc(S(=O)(=O)NC(=O)Nc2c(C#N)cnn2Cc2ccccc2)cc1.